The van der Waals surface area contributed by atoms with Crippen molar-refractivity contribution in [3.05, 3.63) is 0 Å². The quantitative estimate of drug-likeness (QED) is 0.690. The lowest BCUT2D eigenvalue weighted by Crippen LogP contribution is -2.49. The predicted octanol–water partition coefficient (Wildman–Crippen LogP) is 1.01. The summed E-state index contributed by atoms with van der Waals surface area (Å²) in [6.07, 6.45) is 3.32. The highest BCUT2D eigenvalue weighted by atomic mass is 16.5. The van der Waals surface area contributed by atoms with Crippen molar-refractivity contribution in [1.82, 2.24) is 10.2 Å². The van der Waals surface area contributed by atoms with Gasteiger partial charge in [0.1, 0.15) is 0 Å². The molecule has 0 spiro atoms. The Hall–Kier alpha value is -0.610. The van der Waals surface area contributed by atoms with Crippen LogP contribution >= 0.6 is 0 Å². The van der Waals surface area contributed by atoms with Crippen molar-refractivity contribution < 1.29 is 9.53 Å². The molecule has 1 atom stereocenters. The number of amides is 1. The first-order valence-electron chi connectivity index (χ1n) is 6.39. The van der Waals surface area contributed by atoms with Gasteiger partial charge in [0, 0.05) is 19.7 Å². The first kappa shape index (κ1) is 13.5. The summed E-state index contributed by atoms with van der Waals surface area (Å²) in [5, 5.41) is 3.29. The predicted molar refractivity (Wildman–Crippen MR) is 64.4 cm³/mol. The molecule has 0 bridgehead atoms. The zero-order valence-corrected chi connectivity index (χ0v) is 10.5. The maximum atomic E-state index is 12.1. The summed E-state index contributed by atoms with van der Waals surface area (Å²) in [6.45, 7) is 7.80. The van der Waals surface area contributed by atoms with Crippen molar-refractivity contribution in [3.8, 4) is 0 Å². The third-order valence-corrected chi connectivity index (χ3v) is 3.01. The molecule has 1 heterocycles. The molecule has 16 heavy (non-hydrogen) atoms. The van der Waals surface area contributed by atoms with E-state index in [-0.39, 0.29) is 11.9 Å². The van der Waals surface area contributed by atoms with Crippen molar-refractivity contribution in [2.75, 3.05) is 32.8 Å². The molecule has 0 saturated carbocycles. The Labute approximate surface area is 98.3 Å². The molecule has 0 aliphatic carbocycles. The minimum atomic E-state index is 0.0373. The number of hydrogen-bond acceptors (Lipinski definition) is 3. The highest BCUT2D eigenvalue weighted by molar-refractivity contribution is 5.81. The Morgan fingerprint density at radius 1 is 1.44 bits per heavy atom. The molecule has 1 saturated heterocycles. The van der Waals surface area contributed by atoms with E-state index in [1.807, 2.05) is 18.7 Å². The third-order valence-electron chi connectivity index (χ3n) is 3.01. The number of nitrogens with zero attached hydrogens (tertiary/aromatic N) is 1. The zero-order valence-electron chi connectivity index (χ0n) is 10.5. The largest absolute Gasteiger partial charge is 0.380 e. The molecule has 0 aromatic heterocycles. The van der Waals surface area contributed by atoms with Gasteiger partial charge in [-0.05, 0) is 33.2 Å². The molecule has 1 amide bonds. The lowest BCUT2D eigenvalue weighted by Gasteiger charge is -2.29. The number of piperidine rings is 1. The van der Waals surface area contributed by atoms with Gasteiger partial charge in [0.2, 0.25) is 5.91 Å². The van der Waals surface area contributed by atoms with E-state index in [1.165, 1.54) is 6.42 Å². The van der Waals surface area contributed by atoms with Gasteiger partial charge < -0.3 is 15.0 Å². The number of carbonyl (C=O) groups excluding carboxylic acids is 1. The van der Waals surface area contributed by atoms with Crippen LogP contribution in [0.1, 0.15) is 33.1 Å². The summed E-state index contributed by atoms with van der Waals surface area (Å²) in [5.41, 5.74) is 0. The molecular formula is C12H24N2O2. The van der Waals surface area contributed by atoms with Gasteiger partial charge in [-0.15, -0.1) is 0 Å². The molecule has 94 valence electrons. The van der Waals surface area contributed by atoms with Crippen molar-refractivity contribution in [3.63, 3.8) is 0 Å². The van der Waals surface area contributed by atoms with Crippen molar-refractivity contribution >= 4 is 5.91 Å². The molecular weight excluding hydrogens is 204 g/mol. The highest BCUT2D eigenvalue weighted by Gasteiger charge is 2.24. The van der Waals surface area contributed by atoms with Crippen LogP contribution in [0.4, 0.5) is 0 Å². The van der Waals surface area contributed by atoms with Gasteiger partial charge in [-0.25, -0.2) is 0 Å². The lowest BCUT2D eigenvalue weighted by atomic mass is 10.0. The Bertz CT molecular complexity index is 203. The van der Waals surface area contributed by atoms with Crippen LogP contribution in [0.3, 0.4) is 0 Å². The van der Waals surface area contributed by atoms with Gasteiger partial charge in [0.05, 0.1) is 12.6 Å². The van der Waals surface area contributed by atoms with Crippen LogP contribution in [0.5, 0.6) is 0 Å². The lowest BCUT2D eigenvalue weighted by molar-refractivity contribution is -0.134. The summed E-state index contributed by atoms with van der Waals surface area (Å²) in [4.78, 5) is 14.0. The Balaban J connectivity index is 2.35. The smallest absolute Gasteiger partial charge is 0.239 e. The summed E-state index contributed by atoms with van der Waals surface area (Å²) >= 11 is 0. The van der Waals surface area contributed by atoms with Gasteiger partial charge in [0.15, 0.2) is 0 Å². The van der Waals surface area contributed by atoms with Gasteiger partial charge >= 0.3 is 0 Å². The molecule has 4 heteroatoms. The molecule has 1 N–H and O–H groups in total. The van der Waals surface area contributed by atoms with Crippen LogP contribution in [-0.4, -0.2) is 49.7 Å². The number of ether oxygens (including phenoxy) is 1. The van der Waals surface area contributed by atoms with Crippen LogP contribution in [0.2, 0.25) is 0 Å². The Kier molecular flexibility index (Phi) is 6.42. The molecule has 4 nitrogen and oxygen atoms in total. The molecule has 1 aliphatic rings. The number of hydrogen-bond donors (Lipinski definition) is 1. The Morgan fingerprint density at radius 2 is 2.25 bits per heavy atom. The summed E-state index contributed by atoms with van der Waals surface area (Å²) < 4.78 is 5.29. The van der Waals surface area contributed by atoms with Crippen molar-refractivity contribution in [1.29, 1.82) is 0 Å². The van der Waals surface area contributed by atoms with Crippen LogP contribution in [0.15, 0.2) is 0 Å². The number of rotatable bonds is 6. The van der Waals surface area contributed by atoms with Crippen LogP contribution in [0.25, 0.3) is 0 Å². The fourth-order valence-electron chi connectivity index (χ4n) is 2.03. The molecule has 1 aliphatic heterocycles. The van der Waals surface area contributed by atoms with E-state index in [4.69, 9.17) is 4.74 Å². The monoisotopic (exact) mass is 228 g/mol. The SMILES string of the molecule is CCOCCN(CC)C(=O)[C@H]1CCCCN1. The minimum absolute atomic E-state index is 0.0373. The number of nitrogens with one attached hydrogen (secondary N) is 1. The zero-order chi connectivity index (χ0) is 11.8. The Morgan fingerprint density at radius 3 is 2.81 bits per heavy atom. The van der Waals surface area contributed by atoms with E-state index in [0.717, 1.165) is 25.9 Å². The van der Waals surface area contributed by atoms with Crippen molar-refractivity contribution in [2.45, 2.75) is 39.2 Å². The molecule has 0 aromatic carbocycles. The first-order valence-corrected chi connectivity index (χ1v) is 6.39. The highest BCUT2D eigenvalue weighted by Crippen LogP contribution is 2.09. The van der Waals surface area contributed by atoms with E-state index in [0.29, 0.717) is 19.8 Å². The van der Waals surface area contributed by atoms with E-state index in [1.54, 1.807) is 0 Å². The minimum Gasteiger partial charge on any atom is -0.380 e. The third kappa shape index (κ3) is 4.10. The second-order valence-corrected chi connectivity index (χ2v) is 4.12. The molecule has 0 unspecified atom stereocenters. The second kappa shape index (κ2) is 7.63. The van der Waals surface area contributed by atoms with E-state index >= 15 is 0 Å². The van der Waals surface area contributed by atoms with Gasteiger partial charge in [-0.2, -0.15) is 0 Å². The van der Waals surface area contributed by atoms with E-state index in [9.17, 15) is 4.79 Å². The summed E-state index contributed by atoms with van der Waals surface area (Å²) in [5.74, 6) is 0.238. The average molecular weight is 228 g/mol. The fraction of sp³-hybridized carbons (Fsp3) is 0.917. The summed E-state index contributed by atoms with van der Waals surface area (Å²) in [6, 6.07) is 0.0373. The normalized spacial score (nSPS) is 20.8. The number of carbonyl (C=O) groups is 1. The van der Waals surface area contributed by atoms with Gasteiger partial charge in [0.25, 0.3) is 0 Å². The average Bonchev–Trinajstić information content (AvgIpc) is 2.35. The van der Waals surface area contributed by atoms with E-state index in [2.05, 4.69) is 5.32 Å². The topological polar surface area (TPSA) is 41.6 Å². The second-order valence-electron chi connectivity index (χ2n) is 4.12. The number of likely N-dealkylation sites (N-methyl/N-ethyl adjacent to an activating group) is 1. The first-order chi connectivity index (χ1) is 7.79. The van der Waals surface area contributed by atoms with Crippen molar-refractivity contribution in [2.24, 2.45) is 0 Å². The summed E-state index contributed by atoms with van der Waals surface area (Å²) in [7, 11) is 0. The van der Waals surface area contributed by atoms with Crippen LogP contribution < -0.4 is 5.32 Å². The van der Waals surface area contributed by atoms with Gasteiger partial charge in [-0.3, -0.25) is 4.79 Å². The molecule has 1 fully saturated rings. The van der Waals surface area contributed by atoms with Gasteiger partial charge in [-0.1, -0.05) is 6.42 Å². The molecule has 0 radical (unpaired) electrons. The standard InChI is InChI=1S/C12H24N2O2/c1-3-14(9-10-16-4-2)12(15)11-7-5-6-8-13-11/h11,13H,3-10H2,1-2H3/t11-/m1/s1. The maximum absolute atomic E-state index is 12.1. The molecule has 0 aromatic rings. The fourth-order valence-corrected chi connectivity index (χ4v) is 2.03. The maximum Gasteiger partial charge on any atom is 0.239 e. The van der Waals surface area contributed by atoms with E-state index < -0.39 is 0 Å². The van der Waals surface area contributed by atoms with Crippen LogP contribution in [0, 0.1) is 0 Å². The molecule has 1 rings (SSSR count). The van der Waals surface area contributed by atoms with Crippen LogP contribution in [-0.2, 0) is 9.53 Å².